The number of guanidine groups is 1. The van der Waals surface area contributed by atoms with E-state index in [1.54, 1.807) is 0 Å². The van der Waals surface area contributed by atoms with Crippen molar-refractivity contribution in [3.8, 4) is 0 Å². The third-order valence-electron chi connectivity index (χ3n) is 5.01. The summed E-state index contributed by atoms with van der Waals surface area (Å²) in [7, 11) is 0. The van der Waals surface area contributed by atoms with E-state index in [0.717, 1.165) is 30.7 Å². The van der Waals surface area contributed by atoms with Crippen LogP contribution in [0.1, 0.15) is 30.4 Å². The van der Waals surface area contributed by atoms with Crippen LogP contribution in [0.5, 0.6) is 0 Å². The van der Waals surface area contributed by atoms with Gasteiger partial charge < -0.3 is 15.2 Å². The van der Waals surface area contributed by atoms with E-state index in [1.165, 1.54) is 30.4 Å². The number of benzene rings is 2. The van der Waals surface area contributed by atoms with Crippen molar-refractivity contribution in [2.45, 2.75) is 32.4 Å². The molecule has 3 aromatic rings. The van der Waals surface area contributed by atoms with Gasteiger partial charge in [-0.05, 0) is 42.5 Å². The van der Waals surface area contributed by atoms with Gasteiger partial charge in [0.1, 0.15) is 0 Å². The summed E-state index contributed by atoms with van der Waals surface area (Å²) in [6.45, 7) is 3.52. The summed E-state index contributed by atoms with van der Waals surface area (Å²) in [6.07, 6.45) is 5.64. The minimum absolute atomic E-state index is 0.636. The third-order valence-corrected chi connectivity index (χ3v) is 5.01. The Morgan fingerprint density at radius 1 is 0.962 bits per heavy atom. The molecule has 1 aliphatic heterocycles. The molecule has 0 aliphatic carbocycles. The molecule has 4 rings (SSSR count). The Balaban J connectivity index is 1.40. The van der Waals surface area contributed by atoms with Gasteiger partial charge in [0.15, 0.2) is 5.96 Å². The number of rotatable bonds is 4. The predicted molar refractivity (Wildman–Crippen MR) is 106 cm³/mol. The molecule has 1 saturated heterocycles. The number of hydrogen-bond acceptors (Lipinski definition) is 2. The van der Waals surface area contributed by atoms with E-state index >= 15 is 0 Å². The van der Waals surface area contributed by atoms with Crippen LogP contribution in [0.15, 0.2) is 59.9 Å². The van der Waals surface area contributed by atoms with Crippen molar-refractivity contribution in [1.82, 2.24) is 14.5 Å². The predicted octanol–water partition coefficient (Wildman–Crippen LogP) is 3.39. The number of fused-ring (bicyclic) bond motifs is 1. The van der Waals surface area contributed by atoms with E-state index in [2.05, 4.69) is 49.8 Å². The molecular weight excluding hydrogens is 322 g/mol. The van der Waals surface area contributed by atoms with Crippen molar-refractivity contribution in [2.24, 2.45) is 10.7 Å². The van der Waals surface area contributed by atoms with Gasteiger partial charge in [-0.2, -0.15) is 0 Å². The molecular formula is C21H25N5. The number of nitrogens with two attached hydrogens (primary N) is 1. The minimum Gasteiger partial charge on any atom is -0.370 e. The number of para-hydroxylation sites is 2. The highest BCUT2D eigenvalue weighted by Gasteiger charge is 2.11. The Labute approximate surface area is 154 Å². The fraction of sp³-hybridized carbons (Fsp3) is 0.333. The smallest absolute Gasteiger partial charge is 0.191 e. The first kappa shape index (κ1) is 16.6. The molecule has 2 heterocycles. The van der Waals surface area contributed by atoms with Gasteiger partial charge in [0.25, 0.3) is 0 Å². The first-order chi connectivity index (χ1) is 12.8. The summed E-state index contributed by atoms with van der Waals surface area (Å²) >= 11 is 0. The van der Waals surface area contributed by atoms with Crippen LogP contribution in [0.2, 0.25) is 0 Å². The average Bonchev–Trinajstić information content (AvgIpc) is 3.11. The number of piperidine rings is 1. The molecule has 0 amide bonds. The molecule has 0 unspecified atom stereocenters. The SMILES string of the molecule is NC(=NCc1ccc(Cn2cnc3ccccc32)cc1)N1CCCCC1. The standard InChI is InChI=1S/C21H25N5/c22-21(25-12-4-1-5-13-25)23-14-17-8-10-18(11-9-17)15-26-16-24-19-6-2-3-7-20(19)26/h2-3,6-11,16H,1,4-5,12-15H2,(H2,22,23). The monoisotopic (exact) mass is 347 g/mol. The fourth-order valence-electron chi connectivity index (χ4n) is 3.48. The zero-order chi connectivity index (χ0) is 17.8. The maximum atomic E-state index is 6.13. The summed E-state index contributed by atoms with van der Waals surface area (Å²) in [5.74, 6) is 0.679. The van der Waals surface area contributed by atoms with E-state index in [1.807, 2.05) is 24.5 Å². The van der Waals surface area contributed by atoms with Gasteiger partial charge in [0.05, 0.1) is 23.9 Å². The second-order valence-corrected chi connectivity index (χ2v) is 6.90. The highest BCUT2D eigenvalue weighted by atomic mass is 15.2. The number of nitrogens with zero attached hydrogens (tertiary/aromatic N) is 4. The van der Waals surface area contributed by atoms with Gasteiger partial charge in [-0.3, -0.25) is 0 Å². The second kappa shape index (κ2) is 7.60. The van der Waals surface area contributed by atoms with Gasteiger partial charge >= 0.3 is 0 Å². The van der Waals surface area contributed by atoms with Gasteiger partial charge in [-0.15, -0.1) is 0 Å². The molecule has 0 spiro atoms. The van der Waals surface area contributed by atoms with Crippen LogP contribution in [0.4, 0.5) is 0 Å². The summed E-state index contributed by atoms with van der Waals surface area (Å²) in [4.78, 5) is 11.2. The Hall–Kier alpha value is -2.82. The maximum absolute atomic E-state index is 6.13. The van der Waals surface area contributed by atoms with E-state index in [-0.39, 0.29) is 0 Å². The average molecular weight is 347 g/mol. The van der Waals surface area contributed by atoms with Gasteiger partial charge in [-0.1, -0.05) is 36.4 Å². The molecule has 0 radical (unpaired) electrons. The number of hydrogen-bond donors (Lipinski definition) is 1. The van der Waals surface area contributed by atoms with Crippen molar-refractivity contribution in [3.05, 3.63) is 66.0 Å². The number of aromatic nitrogens is 2. The van der Waals surface area contributed by atoms with Crippen molar-refractivity contribution in [2.75, 3.05) is 13.1 Å². The first-order valence-corrected chi connectivity index (χ1v) is 9.32. The second-order valence-electron chi connectivity index (χ2n) is 6.90. The van der Waals surface area contributed by atoms with Gasteiger partial charge in [-0.25, -0.2) is 9.98 Å². The van der Waals surface area contributed by atoms with Crippen molar-refractivity contribution in [3.63, 3.8) is 0 Å². The molecule has 134 valence electrons. The highest BCUT2D eigenvalue weighted by molar-refractivity contribution is 5.78. The lowest BCUT2D eigenvalue weighted by molar-refractivity contribution is 0.338. The molecule has 2 aromatic carbocycles. The summed E-state index contributed by atoms with van der Waals surface area (Å²) in [5, 5.41) is 0. The highest BCUT2D eigenvalue weighted by Crippen LogP contribution is 2.15. The summed E-state index contributed by atoms with van der Waals surface area (Å²) in [6, 6.07) is 16.8. The van der Waals surface area contributed by atoms with Crippen molar-refractivity contribution in [1.29, 1.82) is 0 Å². The van der Waals surface area contributed by atoms with E-state index in [4.69, 9.17) is 5.73 Å². The van der Waals surface area contributed by atoms with E-state index in [9.17, 15) is 0 Å². The fourth-order valence-corrected chi connectivity index (χ4v) is 3.48. The summed E-state index contributed by atoms with van der Waals surface area (Å²) < 4.78 is 2.18. The maximum Gasteiger partial charge on any atom is 0.191 e. The first-order valence-electron chi connectivity index (χ1n) is 9.32. The Morgan fingerprint density at radius 2 is 1.69 bits per heavy atom. The normalized spacial score (nSPS) is 15.5. The van der Waals surface area contributed by atoms with Crippen LogP contribution in [-0.2, 0) is 13.1 Å². The Bertz CT molecular complexity index is 888. The lowest BCUT2D eigenvalue weighted by atomic mass is 10.1. The molecule has 26 heavy (non-hydrogen) atoms. The lowest BCUT2D eigenvalue weighted by Gasteiger charge is -2.27. The largest absolute Gasteiger partial charge is 0.370 e. The van der Waals surface area contributed by atoms with Crippen molar-refractivity contribution >= 4 is 17.0 Å². The Morgan fingerprint density at radius 3 is 2.50 bits per heavy atom. The van der Waals surface area contributed by atoms with Crippen LogP contribution in [0.25, 0.3) is 11.0 Å². The van der Waals surface area contributed by atoms with E-state index in [0.29, 0.717) is 12.5 Å². The topological polar surface area (TPSA) is 59.4 Å². The van der Waals surface area contributed by atoms with Crippen LogP contribution >= 0.6 is 0 Å². The number of imidazole rings is 1. The van der Waals surface area contributed by atoms with Crippen molar-refractivity contribution < 1.29 is 0 Å². The molecule has 1 fully saturated rings. The van der Waals surface area contributed by atoms with Crippen LogP contribution < -0.4 is 5.73 Å². The minimum atomic E-state index is 0.636. The van der Waals surface area contributed by atoms with Gasteiger partial charge in [0, 0.05) is 19.6 Å². The molecule has 1 aromatic heterocycles. The third kappa shape index (κ3) is 3.72. The zero-order valence-corrected chi connectivity index (χ0v) is 15.0. The molecule has 1 aliphatic rings. The summed E-state index contributed by atoms with van der Waals surface area (Å²) in [5.41, 5.74) is 10.8. The molecule has 0 saturated carbocycles. The van der Waals surface area contributed by atoms with Crippen LogP contribution in [0, 0.1) is 0 Å². The quantitative estimate of drug-likeness (QED) is 0.581. The number of aliphatic imine (C=N–C) groups is 1. The van der Waals surface area contributed by atoms with E-state index < -0.39 is 0 Å². The molecule has 0 atom stereocenters. The lowest BCUT2D eigenvalue weighted by Crippen LogP contribution is -2.40. The zero-order valence-electron chi connectivity index (χ0n) is 15.0. The molecule has 5 heteroatoms. The van der Waals surface area contributed by atoms with Crippen LogP contribution in [0.3, 0.4) is 0 Å². The molecule has 2 N–H and O–H groups in total. The Kier molecular flexibility index (Phi) is 4.86. The van der Waals surface area contributed by atoms with Gasteiger partial charge in [0.2, 0.25) is 0 Å². The molecule has 0 bridgehead atoms. The number of likely N-dealkylation sites (tertiary alicyclic amines) is 1. The molecule has 5 nitrogen and oxygen atoms in total. The van der Waals surface area contributed by atoms with Crippen LogP contribution in [-0.4, -0.2) is 33.5 Å².